The number of carbonyl (C=O) groups excluding carboxylic acids is 2. The highest BCUT2D eigenvalue weighted by atomic mass is 16.2. The van der Waals surface area contributed by atoms with Crippen LogP contribution in [0.2, 0.25) is 0 Å². The van der Waals surface area contributed by atoms with Crippen molar-refractivity contribution in [2.24, 2.45) is 17.8 Å². The monoisotopic (exact) mass is 309 g/mol. The van der Waals surface area contributed by atoms with Crippen molar-refractivity contribution in [2.75, 3.05) is 33.2 Å². The van der Waals surface area contributed by atoms with Crippen LogP contribution < -0.4 is 10.6 Å². The summed E-state index contributed by atoms with van der Waals surface area (Å²) >= 11 is 0. The van der Waals surface area contributed by atoms with Gasteiger partial charge in [-0.05, 0) is 57.5 Å². The maximum atomic E-state index is 12.1. The van der Waals surface area contributed by atoms with Crippen molar-refractivity contribution in [3.63, 3.8) is 0 Å². The van der Waals surface area contributed by atoms with Crippen LogP contribution in [-0.2, 0) is 9.59 Å². The molecule has 2 rings (SSSR count). The second kappa shape index (κ2) is 8.51. The Bertz CT molecular complexity index is 378. The highest BCUT2D eigenvalue weighted by Gasteiger charge is 2.25. The van der Waals surface area contributed by atoms with Gasteiger partial charge in [-0.3, -0.25) is 9.59 Å². The largest absolute Gasteiger partial charge is 0.354 e. The van der Waals surface area contributed by atoms with Crippen molar-refractivity contribution in [1.82, 2.24) is 15.5 Å². The van der Waals surface area contributed by atoms with E-state index >= 15 is 0 Å². The van der Waals surface area contributed by atoms with Gasteiger partial charge in [0, 0.05) is 19.0 Å². The summed E-state index contributed by atoms with van der Waals surface area (Å²) < 4.78 is 0. The van der Waals surface area contributed by atoms with Crippen LogP contribution in [0, 0.1) is 17.8 Å². The van der Waals surface area contributed by atoms with Crippen molar-refractivity contribution in [2.45, 2.75) is 45.4 Å². The number of likely N-dealkylation sites (tertiary alicyclic amines) is 1. The number of hydrogen-bond donors (Lipinski definition) is 2. The molecule has 0 aromatic carbocycles. The first kappa shape index (κ1) is 17.3. The summed E-state index contributed by atoms with van der Waals surface area (Å²) in [4.78, 5) is 26.2. The molecule has 2 aliphatic rings. The van der Waals surface area contributed by atoms with Gasteiger partial charge in [0.15, 0.2) is 0 Å². The molecule has 2 amide bonds. The van der Waals surface area contributed by atoms with Gasteiger partial charge in [0.25, 0.3) is 0 Å². The zero-order valence-corrected chi connectivity index (χ0v) is 14.1. The van der Waals surface area contributed by atoms with Crippen LogP contribution >= 0.6 is 0 Å². The van der Waals surface area contributed by atoms with Crippen LogP contribution in [0.15, 0.2) is 0 Å². The molecule has 0 aromatic rings. The van der Waals surface area contributed by atoms with Crippen molar-refractivity contribution < 1.29 is 9.59 Å². The molecule has 5 heteroatoms. The summed E-state index contributed by atoms with van der Waals surface area (Å²) in [5, 5.41) is 5.75. The summed E-state index contributed by atoms with van der Waals surface area (Å²) in [7, 11) is 2.11. The van der Waals surface area contributed by atoms with Gasteiger partial charge in [0.2, 0.25) is 11.8 Å². The molecule has 0 bridgehead atoms. The first-order valence-electron chi connectivity index (χ1n) is 8.81. The average Bonchev–Trinajstić information content (AvgIpc) is 2.96. The summed E-state index contributed by atoms with van der Waals surface area (Å²) in [6, 6.07) is 0. The lowest BCUT2D eigenvalue weighted by Gasteiger charge is -2.26. The highest BCUT2D eigenvalue weighted by Crippen LogP contribution is 2.30. The number of nitrogens with zero attached hydrogens (tertiary/aromatic N) is 1. The Hall–Kier alpha value is -1.10. The smallest absolute Gasteiger partial charge is 0.239 e. The average molecular weight is 309 g/mol. The Kier molecular flexibility index (Phi) is 6.68. The van der Waals surface area contributed by atoms with Crippen molar-refractivity contribution in [1.29, 1.82) is 0 Å². The first-order valence-corrected chi connectivity index (χ1v) is 8.81. The first-order chi connectivity index (χ1) is 10.6. The Morgan fingerprint density at radius 2 is 1.77 bits per heavy atom. The molecule has 1 aliphatic heterocycles. The van der Waals surface area contributed by atoms with Crippen LogP contribution in [0.3, 0.4) is 0 Å². The van der Waals surface area contributed by atoms with E-state index in [9.17, 15) is 9.59 Å². The Morgan fingerprint density at radius 1 is 1.05 bits per heavy atom. The Labute approximate surface area is 134 Å². The molecule has 0 aromatic heterocycles. The van der Waals surface area contributed by atoms with Gasteiger partial charge in [0.05, 0.1) is 6.54 Å². The second-order valence-electron chi connectivity index (χ2n) is 7.06. The highest BCUT2D eigenvalue weighted by molar-refractivity contribution is 5.85. The van der Waals surface area contributed by atoms with E-state index in [4.69, 9.17) is 0 Å². The predicted molar refractivity (Wildman–Crippen MR) is 87.4 cm³/mol. The number of nitrogens with one attached hydrogen (secondary N) is 2. The summed E-state index contributed by atoms with van der Waals surface area (Å²) in [5.74, 6) is 1.44. The van der Waals surface area contributed by atoms with Crippen molar-refractivity contribution in [3.05, 3.63) is 0 Å². The van der Waals surface area contributed by atoms with Crippen molar-refractivity contribution in [3.8, 4) is 0 Å². The second-order valence-corrected chi connectivity index (χ2v) is 7.06. The van der Waals surface area contributed by atoms with E-state index in [2.05, 4.69) is 29.5 Å². The third kappa shape index (κ3) is 5.27. The molecule has 0 unspecified atom stereocenters. The van der Waals surface area contributed by atoms with E-state index in [-0.39, 0.29) is 24.3 Å². The fraction of sp³-hybridized carbons (Fsp3) is 0.882. The van der Waals surface area contributed by atoms with Gasteiger partial charge < -0.3 is 15.5 Å². The van der Waals surface area contributed by atoms with E-state index in [1.54, 1.807) is 0 Å². The SMILES string of the molecule is CCC1CCC(C(=O)NCC(=O)NC[C@@H]2CCN(C)C2)CC1. The lowest BCUT2D eigenvalue weighted by Crippen LogP contribution is -2.41. The van der Waals surface area contributed by atoms with Gasteiger partial charge in [-0.25, -0.2) is 0 Å². The van der Waals surface area contributed by atoms with Gasteiger partial charge in [-0.1, -0.05) is 13.3 Å². The molecule has 1 saturated heterocycles. The fourth-order valence-electron chi connectivity index (χ4n) is 3.66. The Balaban J connectivity index is 1.58. The molecule has 1 aliphatic carbocycles. The van der Waals surface area contributed by atoms with Gasteiger partial charge in [-0.2, -0.15) is 0 Å². The molecule has 0 radical (unpaired) electrons. The number of carbonyl (C=O) groups is 2. The third-order valence-electron chi connectivity index (χ3n) is 5.29. The van der Waals surface area contributed by atoms with E-state index in [0.29, 0.717) is 5.92 Å². The van der Waals surface area contributed by atoms with E-state index in [1.807, 2.05) is 0 Å². The van der Waals surface area contributed by atoms with Crippen LogP contribution in [-0.4, -0.2) is 49.9 Å². The van der Waals surface area contributed by atoms with Crippen LogP contribution in [0.5, 0.6) is 0 Å². The molecule has 1 atom stereocenters. The Morgan fingerprint density at radius 3 is 2.36 bits per heavy atom. The molecule has 5 nitrogen and oxygen atoms in total. The molecule has 2 N–H and O–H groups in total. The van der Waals surface area contributed by atoms with E-state index < -0.39 is 0 Å². The summed E-state index contributed by atoms with van der Waals surface area (Å²) in [6.07, 6.45) is 6.60. The molecule has 22 heavy (non-hydrogen) atoms. The lowest BCUT2D eigenvalue weighted by molar-refractivity contribution is -0.129. The van der Waals surface area contributed by atoms with Gasteiger partial charge >= 0.3 is 0 Å². The lowest BCUT2D eigenvalue weighted by atomic mass is 9.80. The molecular formula is C17H31N3O2. The standard InChI is InChI=1S/C17H31N3O2/c1-3-13-4-6-15(7-5-13)17(22)19-11-16(21)18-10-14-8-9-20(2)12-14/h13-15H,3-12H2,1-2H3,(H,18,21)(H,19,22)/t13?,14-,15?/m0/s1. The minimum Gasteiger partial charge on any atom is -0.354 e. The van der Waals surface area contributed by atoms with E-state index in [1.165, 1.54) is 6.42 Å². The minimum atomic E-state index is -0.0647. The van der Waals surface area contributed by atoms with E-state index in [0.717, 1.165) is 57.7 Å². The molecule has 1 saturated carbocycles. The van der Waals surface area contributed by atoms with Gasteiger partial charge in [0.1, 0.15) is 0 Å². The fourth-order valence-corrected chi connectivity index (χ4v) is 3.66. The normalized spacial score (nSPS) is 29.3. The minimum absolute atomic E-state index is 0.0605. The summed E-state index contributed by atoms with van der Waals surface area (Å²) in [6.45, 7) is 5.22. The molecule has 2 fully saturated rings. The topological polar surface area (TPSA) is 61.4 Å². The molecule has 1 heterocycles. The quantitative estimate of drug-likeness (QED) is 0.779. The number of rotatable bonds is 6. The van der Waals surface area contributed by atoms with Crippen LogP contribution in [0.1, 0.15) is 45.4 Å². The van der Waals surface area contributed by atoms with Gasteiger partial charge in [-0.15, -0.1) is 0 Å². The summed E-state index contributed by atoms with van der Waals surface area (Å²) in [5.41, 5.74) is 0. The number of amides is 2. The zero-order chi connectivity index (χ0) is 15.9. The van der Waals surface area contributed by atoms with Crippen molar-refractivity contribution >= 4 is 11.8 Å². The predicted octanol–water partition coefficient (Wildman–Crippen LogP) is 1.39. The maximum Gasteiger partial charge on any atom is 0.239 e. The molecule has 126 valence electrons. The maximum absolute atomic E-state index is 12.1. The third-order valence-corrected chi connectivity index (χ3v) is 5.29. The molecule has 0 spiro atoms. The zero-order valence-electron chi connectivity index (χ0n) is 14.1. The number of hydrogen-bond acceptors (Lipinski definition) is 3. The van der Waals surface area contributed by atoms with Crippen LogP contribution in [0.25, 0.3) is 0 Å². The molecular weight excluding hydrogens is 278 g/mol. The van der Waals surface area contributed by atoms with Crippen LogP contribution in [0.4, 0.5) is 0 Å².